The lowest BCUT2D eigenvalue weighted by molar-refractivity contribution is -0.162. The Hall–Kier alpha value is -2.53. The first-order valence-electron chi connectivity index (χ1n) is 8.88. The van der Waals surface area contributed by atoms with Crippen LogP contribution in [0.1, 0.15) is 31.0 Å². The minimum atomic E-state index is -1.15. The van der Waals surface area contributed by atoms with E-state index in [1.54, 1.807) is 32.0 Å². The van der Waals surface area contributed by atoms with Crippen LogP contribution in [-0.4, -0.2) is 25.2 Å². The predicted octanol–water partition coefficient (Wildman–Crippen LogP) is 4.54. The van der Waals surface area contributed by atoms with Gasteiger partial charge in [0.2, 0.25) is 0 Å². The third kappa shape index (κ3) is 5.73. The van der Waals surface area contributed by atoms with E-state index in [2.05, 4.69) is 5.32 Å². The van der Waals surface area contributed by atoms with E-state index >= 15 is 0 Å². The van der Waals surface area contributed by atoms with Crippen molar-refractivity contribution in [3.8, 4) is 0 Å². The highest BCUT2D eigenvalue weighted by atomic mass is 35.5. The summed E-state index contributed by atoms with van der Waals surface area (Å²) >= 11 is 6.08. The molecule has 0 heterocycles. The highest BCUT2D eigenvalue weighted by Gasteiger charge is 2.38. The monoisotopic (exact) mass is 389 g/mol. The Bertz CT molecular complexity index is 758. The van der Waals surface area contributed by atoms with E-state index < -0.39 is 23.9 Å². The number of carbonyl (C=O) groups excluding carboxylic acids is 2. The normalized spacial score (nSPS) is 11.7. The molecule has 0 aromatic heterocycles. The first kappa shape index (κ1) is 20.8. The van der Waals surface area contributed by atoms with Gasteiger partial charge in [0.15, 0.2) is 5.92 Å². The Morgan fingerprint density at radius 3 is 2.11 bits per heavy atom. The van der Waals surface area contributed by atoms with E-state index in [-0.39, 0.29) is 13.2 Å². The Morgan fingerprint density at radius 2 is 1.59 bits per heavy atom. The lowest BCUT2D eigenvalue weighted by Crippen LogP contribution is -2.36. The second kappa shape index (κ2) is 9.97. The molecule has 0 saturated heterocycles. The van der Waals surface area contributed by atoms with Gasteiger partial charge in [0.05, 0.1) is 19.3 Å². The Balaban J connectivity index is 2.47. The SMILES string of the molecule is CCOC(=O)C(C(=O)OCC)C(Nc1cccc(Cl)c1)c1ccc(C)cc1. The Kier molecular flexibility index (Phi) is 7.67. The van der Waals surface area contributed by atoms with Gasteiger partial charge in [0.25, 0.3) is 0 Å². The third-order valence-corrected chi connectivity index (χ3v) is 4.23. The summed E-state index contributed by atoms with van der Waals surface area (Å²) in [5, 5.41) is 3.80. The molecule has 0 aliphatic heterocycles. The molecule has 0 fully saturated rings. The topological polar surface area (TPSA) is 64.6 Å². The number of anilines is 1. The molecule has 6 heteroatoms. The van der Waals surface area contributed by atoms with Crippen molar-refractivity contribution >= 4 is 29.2 Å². The van der Waals surface area contributed by atoms with Crippen LogP contribution in [0.4, 0.5) is 5.69 Å². The molecule has 0 bridgehead atoms. The number of hydrogen-bond donors (Lipinski definition) is 1. The summed E-state index contributed by atoms with van der Waals surface area (Å²) in [4.78, 5) is 25.2. The molecule has 5 nitrogen and oxygen atoms in total. The van der Waals surface area contributed by atoms with Crippen molar-refractivity contribution in [3.63, 3.8) is 0 Å². The van der Waals surface area contributed by atoms with Crippen LogP contribution in [0.25, 0.3) is 0 Å². The van der Waals surface area contributed by atoms with Gasteiger partial charge in [-0.05, 0) is 44.5 Å². The molecule has 0 radical (unpaired) electrons. The molecule has 2 aromatic rings. The second-order valence-electron chi connectivity index (χ2n) is 6.02. The molecular formula is C21H24ClNO4. The van der Waals surface area contributed by atoms with E-state index in [0.717, 1.165) is 11.1 Å². The van der Waals surface area contributed by atoms with Crippen LogP contribution in [-0.2, 0) is 19.1 Å². The summed E-state index contributed by atoms with van der Waals surface area (Å²) in [5.74, 6) is -2.40. The summed E-state index contributed by atoms with van der Waals surface area (Å²) in [7, 11) is 0. The molecule has 0 spiro atoms. The predicted molar refractivity (Wildman–Crippen MR) is 106 cm³/mol. The molecule has 0 saturated carbocycles. The zero-order valence-electron chi connectivity index (χ0n) is 15.7. The molecule has 1 unspecified atom stereocenters. The van der Waals surface area contributed by atoms with Gasteiger partial charge in [-0.3, -0.25) is 9.59 Å². The van der Waals surface area contributed by atoms with Gasteiger partial charge in [-0.2, -0.15) is 0 Å². The van der Waals surface area contributed by atoms with Crippen molar-refractivity contribution in [3.05, 3.63) is 64.7 Å². The first-order valence-corrected chi connectivity index (χ1v) is 9.26. The van der Waals surface area contributed by atoms with Crippen LogP contribution in [0.3, 0.4) is 0 Å². The van der Waals surface area contributed by atoms with Crippen LogP contribution >= 0.6 is 11.6 Å². The fraction of sp³-hybridized carbons (Fsp3) is 0.333. The maximum Gasteiger partial charge on any atom is 0.322 e. The second-order valence-corrected chi connectivity index (χ2v) is 6.46. The number of nitrogens with one attached hydrogen (secondary N) is 1. The van der Waals surface area contributed by atoms with Crippen molar-refractivity contribution in [2.45, 2.75) is 26.8 Å². The molecule has 0 amide bonds. The molecular weight excluding hydrogens is 366 g/mol. The fourth-order valence-electron chi connectivity index (χ4n) is 2.72. The van der Waals surface area contributed by atoms with Gasteiger partial charge >= 0.3 is 11.9 Å². The summed E-state index contributed by atoms with van der Waals surface area (Å²) in [5.41, 5.74) is 2.53. The number of esters is 2. The summed E-state index contributed by atoms with van der Waals surface area (Å²) in [6, 6.07) is 14.0. The highest BCUT2D eigenvalue weighted by molar-refractivity contribution is 6.30. The van der Waals surface area contributed by atoms with Crippen LogP contribution in [0.5, 0.6) is 0 Å². The number of aryl methyl sites for hydroxylation is 1. The lowest BCUT2D eigenvalue weighted by atomic mass is 9.92. The van der Waals surface area contributed by atoms with Crippen molar-refractivity contribution in [1.29, 1.82) is 0 Å². The van der Waals surface area contributed by atoms with Gasteiger partial charge in [-0.15, -0.1) is 0 Å². The van der Waals surface area contributed by atoms with Crippen LogP contribution < -0.4 is 5.32 Å². The van der Waals surface area contributed by atoms with E-state index in [0.29, 0.717) is 10.7 Å². The molecule has 1 atom stereocenters. The number of carbonyl (C=O) groups is 2. The molecule has 1 N–H and O–H groups in total. The van der Waals surface area contributed by atoms with Crippen molar-refractivity contribution in [1.82, 2.24) is 0 Å². The van der Waals surface area contributed by atoms with E-state index in [4.69, 9.17) is 21.1 Å². The molecule has 0 aliphatic carbocycles. The minimum Gasteiger partial charge on any atom is -0.465 e. The van der Waals surface area contributed by atoms with Gasteiger partial charge in [0.1, 0.15) is 0 Å². The summed E-state index contributed by atoms with van der Waals surface area (Å²) < 4.78 is 10.3. The zero-order chi connectivity index (χ0) is 19.8. The Labute approximate surface area is 164 Å². The molecule has 0 aliphatic rings. The minimum absolute atomic E-state index is 0.173. The molecule has 27 heavy (non-hydrogen) atoms. The quantitative estimate of drug-likeness (QED) is 0.530. The van der Waals surface area contributed by atoms with E-state index in [9.17, 15) is 9.59 Å². The standard InChI is InChI=1S/C21H24ClNO4/c1-4-26-20(24)18(21(25)27-5-2)19(15-11-9-14(3)10-12-15)23-17-8-6-7-16(22)13-17/h6-13,18-19,23H,4-5H2,1-3H3. The van der Waals surface area contributed by atoms with Crippen LogP contribution in [0.15, 0.2) is 48.5 Å². The van der Waals surface area contributed by atoms with Crippen LogP contribution in [0.2, 0.25) is 5.02 Å². The number of hydrogen-bond acceptors (Lipinski definition) is 5. The highest BCUT2D eigenvalue weighted by Crippen LogP contribution is 2.30. The first-order chi connectivity index (χ1) is 13.0. The lowest BCUT2D eigenvalue weighted by Gasteiger charge is -2.26. The maximum atomic E-state index is 12.6. The number of ether oxygens (including phenoxy) is 2. The number of benzene rings is 2. The van der Waals surface area contributed by atoms with Gasteiger partial charge in [0, 0.05) is 10.7 Å². The van der Waals surface area contributed by atoms with Crippen molar-refractivity contribution in [2.24, 2.45) is 5.92 Å². The largest absolute Gasteiger partial charge is 0.465 e. The molecule has 2 aromatic carbocycles. The van der Waals surface area contributed by atoms with Crippen LogP contribution in [0, 0.1) is 12.8 Å². The van der Waals surface area contributed by atoms with Gasteiger partial charge in [-0.1, -0.05) is 47.5 Å². The third-order valence-electron chi connectivity index (χ3n) is 4.00. The number of halogens is 1. The average Bonchev–Trinajstić information content (AvgIpc) is 2.62. The van der Waals surface area contributed by atoms with Gasteiger partial charge < -0.3 is 14.8 Å². The van der Waals surface area contributed by atoms with E-state index in [1.807, 2.05) is 37.3 Å². The smallest absolute Gasteiger partial charge is 0.322 e. The molecule has 2 rings (SSSR count). The summed E-state index contributed by atoms with van der Waals surface area (Å²) in [6.45, 7) is 5.72. The van der Waals surface area contributed by atoms with E-state index in [1.165, 1.54) is 0 Å². The average molecular weight is 390 g/mol. The number of rotatable bonds is 8. The van der Waals surface area contributed by atoms with Gasteiger partial charge in [-0.25, -0.2) is 0 Å². The summed E-state index contributed by atoms with van der Waals surface area (Å²) in [6.07, 6.45) is 0. The fourth-order valence-corrected chi connectivity index (χ4v) is 2.91. The Morgan fingerprint density at radius 1 is 1.00 bits per heavy atom. The molecule has 144 valence electrons. The van der Waals surface area contributed by atoms with Crippen molar-refractivity contribution < 1.29 is 19.1 Å². The zero-order valence-corrected chi connectivity index (χ0v) is 16.5. The maximum absolute atomic E-state index is 12.6. The van der Waals surface area contributed by atoms with Crippen molar-refractivity contribution in [2.75, 3.05) is 18.5 Å².